The van der Waals surface area contributed by atoms with Crippen LogP contribution in [0, 0.1) is 0 Å². The highest BCUT2D eigenvalue weighted by Gasteiger charge is 2.15. The number of rotatable bonds is 8. The van der Waals surface area contributed by atoms with E-state index in [4.69, 9.17) is 5.11 Å². The van der Waals surface area contributed by atoms with Crippen molar-refractivity contribution >= 4 is 22.3 Å². The highest BCUT2D eigenvalue weighted by Crippen LogP contribution is 1.89. The minimum absolute atomic E-state index is 0.133. The molecule has 0 rings (SSSR count). The number of nitrogens with one attached hydrogen (secondary N) is 2. The Hall–Kier alpha value is -1.39. The molecular weight excluding hydrogens is 268 g/mol. The lowest BCUT2D eigenvalue weighted by Crippen LogP contribution is -2.42. The molecule has 0 aliphatic heterocycles. The van der Waals surface area contributed by atoms with Crippen molar-refractivity contribution in [2.24, 2.45) is 0 Å². The van der Waals surface area contributed by atoms with Crippen LogP contribution in [0.3, 0.4) is 0 Å². The third-order valence-electron chi connectivity index (χ3n) is 1.32. The molecule has 0 heterocycles. The van der Waals surface area contributed by atoms with Crippen molar-refractivity contribution in [2.45, 2.75) is 20.0 Å². The van der Waals surface area contributed by atoms with E-state index in [9.17, 15) is 18.0 Å². The van der Waals surface area contributed by atoms with Crippen LogP contribution in [0.2, 0.25) is 0 Å². The normalized spacial score (nSPS) is 11.3. The highest BCUT2D eigenvalue weighted by molar-refractivity contribution is 7.88. The van der Waals surface area contributed by atoms with E-state index in [0.717, 1.165) is 0 Å². The maximum absolute atomic E-state index is 11.2. The first kappa shape index (κ1) is 16.6. The second-order valence-corrected chi connectivity index (χ2v) is 4.90. The molecule has 0 fully saturated rings. The summed E-state index contributed by atoms with van der Waals surface area (Å²) >= 11 is 0. The summed E-state index contributed by atoms with van der Waals surface area (Å²) in [6, 6.07) is 0. The average Bonchev–Trinajstić information content (AvgIpc) is 2.13. The topological polar surface area (TPSA) is 131 Å². The molecule has 0 aliphatic carbocycles. The number of ether oxygens (including phenoxy) is 2. The van der Waals surface area contributed by atoms with Gasteiger partial charge in [0.1, 0.15) is 6.61 Å². The van der Waals surface area contributed by atoms with Gasteiger partial charge in [0.15, 0.2) is 0 Å². The van der Waals surface area contributed by atoms with Crippen LogP contribution in [0.1, 0.15) is 13.8 Å². The summed E-state index contributed by atoms with van der Waals surface area (Å²) in [5.41, 5.74) is 0. The molecule has 1 amide bonds. The van der Waals surface area contributed by atoms with Gasteiger partial charge in [0, 0.05) is 6.54 Å². The lowest BCUT2D eigenvalue weighted by atomic mass is 10.5. The van der Waals surface area contributed by atoms with Gasteiger partial charge in [0.2, 0.25) is 0 Å². The van der Waals surface area contributed by atoms with Gasteiger partial charge >= 0.3 is 22.3 Å². The van der Waals surface area contributed by atoms with E-state index in [1.807, 2.05) is 4.72 Å². The number of amides is 1. The Kier molecular flexibility index (Phi) is 7.24. The lowest BCUT2D eigenvalue weighted by molar-refractivity contribution is -0.142. The number of hydrogen-bond donors (Lipinski definition) is 3. The molecule has 9 nitrogen and oxygen atoms in total. The molecular formula is C8H16N2O7S. The lowest BCUT2D eigenvalue weighted by Gasteiger charge is -2.10. The Bertz CT molecular complexity index is 379. The van der Waals surface area contributed by atoms with Gasteiger partial charge in [-0.2, -0.15) is 13.1 Å². The Morgan fingerprint density at radius 2 is 1.94 bits per heavy atom. The Morgan fingerprint density at radius 3 is 2.44 bits per heavy atom. The SMILES string of the molecule is CC(C)OC(=O)NS(=O)(=O)NCCOCC(=O)O. The molecule has 0 atom stereocenters. The first-order chi connectivity index (χ1) is 8.23. The van der Waals surface area contributed by atoms with Gasteiger partial charge in [-0.1, -0.05) is 0 Å². The van der Waals surface area contributed by atoms with Crippen LogP contribution in [-0.2, 0) is 24.5 Å². The second kappa shape index (κ2) is 7.84. The van der Waals surface area contributed by atoms with E-state index < -0.39 is 35.0 Å². The summed E-state index contributed by atoms with van der Waals surface area (Å²) in [7, 11) is -4.03. The third kappa shape index (κ3) is 9.81. The summed E-state index contributed by atoms with van der Waals surface area (Å²) in [4.78, 5) is 21.1. The molecule has 3 N–H and O–H groups in total. The van der Waals surface area contributed by atoms with Crippen LogP contribution in [0.25, 0.3) is 0 Å². The first-order valence-corrected chi connectivity index (χ1v) is 6.49. The molecule has 0 aliphatic rings. The van der Waals surface area contributed by atoms with Gasteiger partial charge in [0.25, 0.3) is 0 Å². The number of hydrogen-bond acceptors (Lipinski definition) is 6. The quantitative estimate of drug-likeness (QED) is 0.490. The average molecular weight is 284 g/mol. The fourth-order valence-electron chi connectivity index (χ4n) is 0.792. The number of carboxylic acid groups (broad SMARTS) is 1. The summed E-state index contributed by atoms with van der Waals surface area (Å²) < 4.78 is 35.2. The predicted molar refractivity (Wildman–Crippen MR) is 60.1 cm³/mol. The molecule has 0 saturated carbocycles. The Balaban J connectivity index is 3.87. The first-order valence-electron chi connectivity index (χ1n) is 5.00. The van der Waals surface area contributed by atoms with Crippen molar-refractivity contribution in [2.75, 3.05) is 19.8 Å². The van der Waals surface area contributed by atoms with Crippen molar-refractivity contribution in [3.8, 4) is 0 Å². The van der Waals surface area contributed by atoms with E-state index in [2.05, 4.69) is 9.47 Å². The monoisotopic (exact) mass is 284 g/mol. The maximum atomic E-state index is 11.2. The number of aliphatic carboxylic acids is 1. The zero-order chi connectivity index (χ0) is 14.2. The van der Waals surface area contributed by atoms with Crippen LogP contribution in [0.5, 0.6) is 0 Å². The molecule has 10 heteroatoms. The summed E-state index contributed by atoms with van der Waals surface area (Å²) in [6.45, 7) is 2.31. The van der Waals surface area contributed by atoms with Crippen LogP contribution < -0.4 is 9.44 Å². The van der Waals surface area contributed by atoms with Gasteiger partial charge in [0.05, 0.1) is 12.7 Å². The van der Waals surface area contributed by atoms with Crippen molar-refractivity contribution in [1.82, 2.24) is 9.44 Å². The number of carbonyl (C=O) groups is 2. The molecule has 18 heavy (non-hydrogen) atoms. The number of carboxylic acids is 1. The van der Waals surface area contributed by atoms with E-state index in [1.54, 1.807) is 18.6 Å². The molecule has 0 aromatic heterocycles. The standard InChI is InChI=1S/C8H16N2O7S/c1-6(2)17-8(13)10-18(14,15)9-3-4-16-5-7(11)12/h6,9H,3-5H2,1-2H3,(H,10,13)(H,11,12). The zero-order valence-electron chi connectivity index (χ0n) is 10.0. The molecule has 0 aromatic carbocycles. The summed E-state index contributed by atoms with van der Waals surface area (Å²) in [5.74, 6) is -1.16. The van der Waals surface area contributed by atoms with E-state index in [0.29, 0.717) is 0 Å². The Labute approximate surface area is 105 Å². The molecule has 106 valence electrons. The zero-order valence-corrected chi connectivity index (χ0v) is 10.8. The predicted octanol–water partition coefficient (Wildman–Crippen LogP) is -0.943. The van der Waals surface area contributed by atoms with E-state index in [1.165, 1.54) is 0 Å². The molecule has 0 unspecified atom stereocenters. The van der Waals surface area contributed by atoms with E-state index in [-0.39, 0.29) is 13.2 Å². The van der Waals surface area contributed by atoms with Gasteiger partial charge in [-0.15, -0.1) is 0 Å². The van der Waals surface area contributed by atoms with Crippen LogP contribution in [-0.4, -0.2) is 51.4 Å². The van der Waals surface area contributed by atoms with Crippen LogP contribution in [0.15, 0.2) is 0 Å². The minimum atomic E-state index is -4.03. The molecule has 0 saturated heterocycles. The van der Waals surface area contributed by atoms with Gasteiger partial charge in [-0.3, -0.25) is 0 Å². The largest absolute Gasteiger partial charge is 0.480 e. The Morgan fingerprint density at radius 1 is 1.33 bits per heavy atom. The summed E-state index contributed by atoms with van der Waals surface area (Å²) in [6.07, 6.45) is -1.54. The van der Waals surface area contributed by atoms with Crippen LogP contribution in [0.4, 0.5) is 4.79 Å². The highest BCUT2D eigenvalue weighted by atomic mass is 32.2. The van der Waals surface area contributed by atoms with Gasteiger partial charge in [-0.05, 0) is 13.8 Å². The fourth-order valence-corrected chi connectivity index (χ4v) is 1.48. The van der Waals surface area contributed by atoms with Crippen molar-refractivity contribution in [1.29, 1.82) is 0 Å². The molecule has 0 radical (unpaired) electrons. The van der Waals surface area contributed by atoms with Crippen molar-refractivity contribution in [3.05, 3.63) is 0 Å². The van der Waals surface area contributed by atoms with E-state index >= 15 is 0 Å². The van der Waals surface area contributed by atoms with Crippen LogP contribution >= 0.6 is 0 Å². The van der Waals surface area contributed by atoms with Gasteiger partial charge < -0.3 is 14.6 Å². The van der Waals surface area contributed by atoms with Crippen molar-refractivity contribution < 1.29 is 32.6 Å². The molecule has 0 aromatic rings. The molecule has 0 spiro atoms. The van der Waals surface area contributed by atoms with Gasteiger partial charge in [-0.25, -0.2) is 14.3 Å². The fraction of sp³-hybridized carbons (Fsp3) is 0.750. The molecule has 0 bridgehead atoms. The smallest absolute Gasteiger partial charge is 0.422 e. The number of carbonyl (C=O) groups excluding carboxylic acids is 1. The summed E-state index contributed by atoms with van der Waals surface area (Å²) in [5, 5.41) is 8.24. The van der Waals surface area contributed by atoms with Crippen molar-refractivity contribution in [3.63, 3.8) is 0 Å². The maximum Gasteiger partial charge on any atom is 0.422 e. The minimum Gasteiger partial charge on any atom is -0.480 e. The third-order valence-corrected chi connectivity index (χ3v) is 2.34. The second-order valence-electron chi connectivity index (χ2n) is 3.40.